The smallest absolute Gasteiger partial charge is 0.181 e. The van der Waals surface area contributed by atoms with Gasteiger partial charge in [-0.3, -0.25) is 9.79 Å². The summed E-state index contributed by atoms with van der Waals surface area (Å²) in [6, 6.07) is 0. The largest absolute Gasteiger partial charge is 0.292 e. The molecule has 0 bridgehead atoms. The van der Waals surface area contributed by atoms with Crippen molar-refractivity contribution in [3.05, 3.63) is 12.3 Å². The van der Waals surface area contributed by atoms with Crippen LogP contribution in [0.5, 0.6) is 0 Å². The molecule has 2 nitrogen and oxygen atoms in total. The third kappa shape index (κ3) is 1.32. The van der Waals surface area contributed by atoms with Crippen LogP contribution in [0.1, 0.15) is 20.3 Å². The molecule has 0 saturated heterocycles. The fraction of sp³-hybridized carbons (Fsp3) is 0.500. The van der Waals surface area contributed by atoms with Crippen molar-refractivity contribution in [2.75, 3.05) is 0 Å². The molecule has 0 amide bonds. The zero-order valence-electron chi connectivity index (χ0n) is 6.29. The minimum Gasteiger partial charge on any atom is -0.292 e. The number of Topliss-reactive ketones (excluding diaryl/α,β-unsaturated/α-hetero) is 1. The van der Waals surface area contributed by atoms with E-state index < -0.39 is 0 Å². The minimum absolute atomic E-state index is 0.164. The molecule has 0 aliphatic carbocycles. The summed E-state index contributed by atoms with van der Waals surface area (Å²) in [6.07, 6.45) is 4.02. The van der Waals surface area contributed by atoms with E-state index in [2.05, 4.69) is 4.99 Å². The maximum atomic E-state index is 11.1. The molecule has 0 radical (unpaired) electrons. The third-order valence-electron chi connectivity index (χ3n) is 1.45. The zero-order chi connectivity index (χ0) is 7.56. The number of allylic oxidation sites excluding steroid dienone is 1. The number of carbonyl (C=O) groups is 1. The Kier molecular flexibility index (Phi) is 2.00. The van der Waals surface area contributed by atoms with Gasteiger partial charge in [-0.15, -0.1) is 0 Å². The lowest BCUT2D eigenvalue weighted by molar-refractivity contribution is -0.112. The summed E-state index contributed by atoms with van der Waals surface area (Å²) in [5.41, 5.74) is 0.711. The lowest BCUT2D eigenvalue weighted by Gasteiger charge is -2.08. The van der Waals surface area contributed by atoms with Crippen LogP contribution >= 0.6 is 0 Å². The van der Waals surface area contributed by atoms with Crippen LogP contribution in [0.2, 0.25) is 0 Å². The maximum absolute atomic E-state index is 11.1. The predicted molar refractivity (Wildman–Crippen MR) is 41.0 cm³/mol. The van der Waals surface area contributed by atoms with E-state index in [4.69, 9.17) is 0 Å². The first-order valence-corrected chi connectivity index (χ1v) is 3.47. The molecular formula is C8H11NO. The highest BCUT2D eigenvalue weighted by molar-refractivity contribution is 6.41. The van der Waals surface area contributed by atoms with E-state index in [9.17, 15) is 4.79 Å². The van der Waals surface area contributed by atoms with Gasteiger partial charge in [0.05, 0.1) is 5.71 Å². The Morgan fingerprint density at radius 3 is 2.70 bits per heavy atom. The van der Waals surface area contributed by atoms with Crippen LogP contribution in [-0.4, -0.2) is 11.5 Å². The van der Waals surface area contributed by atoms with Crippen molar-refractivity contribution in [1.29, 1.82) is 0 Å². The van der Waals surface area contributed by atoms with Crippen molar-refractivity contribution < 1.29 is 4.79 Å². The predicted octanol–water partition coefficient (Wildman–Crippen LogP) is 1.57. The number of hydrogen-bond acceptors (Lipinski definition) is 2. The van der Waals surface area contributed by atoms with Gasteiger partial charge in [-0.2, -0.15) is 0 Å². The van der Waals surface area contributed by atoms with Crippen molar-refractivity contribution in [3.8, 4) is 0 Å². The maximum Gasteiger partial charge on any atom is 0.181 e. The molecule has 0 aromatic rings. The van der Waals surface area contributed by atoms with E-state index in [1.54, 1.807) is 12.3 Å². The molecule has 0 N–H and O–H groups in total. The number of aliphatic imine (C=N–C) groups is 1. The first kappa shape index (κ1) is 7.19. The summed E-state index contributed by atoms with van der Waals surface area (Å²) in [4.78, 5) is 15.1. The fourth-order valence-corrected chi connectivity index (χ4v) is 0.940. The second kappa shape index (κ2) is 2.78. The normalized spacial score (nSPS) is 17.9. The lowest BCUT2D eigenvalue weighted by Crippen LogP contribution is -2.20. The lowest BCUT2D eigenvalue weighted by atomic mass is 10.0. The van der Waals surface area contributed by atoms with E-state index in [-0.39, 0.29) is 11.7 Å². The topological polar surface area (TPSA) is 29.4 Å². The van der Waals surface area contributed by atoms with Crippen molar-refractivity contribution >= 4 is 11.5 Å². The van der Waals surface area contributed by atoms with Gasteiger partial charge in [0.25, 0.3) is 0 Å². The SMILES string of the molecule is CC(C)C1=NC=CCC1=O. The van der Waals surface area contributed by atoms with E-state index in [0.717, 1.165) is 0 Å². The highest BCUT2D eigenvalue weighted by Gasteiger charge is 2.14. The van der Waals surface area contributed by atoms with Crippen LogP contribution in [0.15, 0.2) is 17.3 Å². The molecule has 0 fully saturated rings. The highest BCUT2D eigenvalue weighted by atomic mass is 16.1. The number of rotatable bonds is 1. The molecule has 0 aromatic heterocycles. The Morgan fingerprint density at radius 2 is 2.30 bits per heavy atom. The molecular weight excluding hydrogens is 126 g/mol. The molecule has 10 heavy (non-hydrogen) atoms. The second-order valence-corrected chi connectivity index (χ2v) is 2.68. The van der Waals surface area contributed by atoms with Gasteiger partial charge in [0.2, 0.25) is 0 Å². The molecule has 0 atom stereocenters. The van der Waals surface area contributed by atoms with Crippen LogP contribution < -0.4 is 0 Å². The quantitative estimate of drug-likeness (QED) is 0.539. The molecule has 0 spiro atoms. The van der Waals surface area contributed by atoms with Gasteiger partial charge in [0.15, 0.2) is 5.78 Å². The standard InChI is InChI=1S/C8H11NO/c1-6(2)8-7(10)4-3-5-9-8/h3,5-6H,4H2,1-2H3. The van der Waals surface area contributed by atoms with Gasteiger partial charge in [-0.25, -0.2) is 0 Å². The van der Waals surface area contributed by atoms with Crippen molar-refractivity contribution in [2.24, 2.45) is 10.9 Å². The molecule has 2 heteroatoms. The second-order valence-electron chi connectivity index (χ2n) is 2.68. The summed E-state index contributed by atoms with van der Waals surface area (Å²) in [7, 11) is 0. The average Bonchev–Trinajstić information content (AvgIpc) is 1.88. The van der Waals surface area contributed by atoms with Crippen LogP contribution in [0, 0.1) is 5.92 Å². The van der Waals surface area contributed by atoms with Gasteiger partial charge < -0.3 is 0 Å². The summed E-state index contributed by atoms with van der Waals surface area (Å²) < 4.78 is 0. The average molecular weight is 137 g/mol. The van der Waals surface area contributed by atoms with Crippen LogP contribution in [0.3, 0.4) is 0 Å². The zero-order valence-corrected chi connectivity index (χ0v) is 6.29. The first-order chi connectivity index (χ1) is 4.72. The Bertz CT molecular complexity index is 201. The Morgan fingerprint density at radius 1 is 1.60 bits per heavy atom. The van der Waals surface area contributed by atoms with Crippen LogP contribution in [-0.2, 0) is 4.79 Å². The summed E-state index contributed by atoms with van der Waals surface area (Å²) in [5.74, 6) is 0.426. The number of nitrogens with zero attached hydrogens (tertiary/aromatic N) is 1. The third-order valence-corrected chi connectivity index (χ3v) is 1.45. The number of hydrogen-bond donors (Lipinski definition) is 0. The van der Waals surface area contributed by atoms with Crippen molar-refractivity contribution in [3.63, 3.8) is 0 Å². The minimum atomic E-state index is 0.164. The summed E-state index contributed by atoms with van der Waals surface area (Å²) >= 11 is 0. The first-order valence-electron chi connectivity index (χ1n) is 3.47. The van der Waals surface area contributed by atoms with Gasteiger partial charge in [-0.1, -0.05) is 19.9 Å². The van der Waals surface area contributed by atoms with Crippen LogP contribution in [0.25, 0.3) is 0 Å². The Balaban J connectivity index is 2.80. The van der Waals surface area contributed by atoms with Crippen molar-refractivity contribution in [2.45, 2.75) is 20.3 Å². The molecule has 1 heterocycles. The Hall–Kier alpha value is -0.920. The molecule has 1 aliphatic heterocycles. The van der Waals surface area contributed by atoms with Crippen molar-refractivity contribution in [1.82, 2.24) is 0 Å². The molecule has 0 unspecified atom stereocenters. The molecule has 0 saturated carbocycles. The molecule has 0 aromatic carbocycles. The van der Waals surface area contributed by atoms with E-state index in [1.807, 2.05) is 13.8 Å². The van der Waals surface area contributed by atoms with E-state index >= 15 is 0 Å². The highest BCUT2D eigenvalue weighted by Crippen LogP contribution is 2.06. The van der Waals surface area contributed by atoms with Gasteiger partial charge in [-0.05, 0) is 5.92 Å². The molecule has 54 valence electrons. The number of carbonyl (C=O) groups excluding carboxylic acids is 1. The monoisotopic (exact) mass is 137 g/mol. The van der Waals surface area contributed by atoms with Crippen LogP contribution in [0.4, 0.5) is 0 Å². The van der Waals surface area contributed by atoms with Gasteiger partial charge in [0, 0.05) is 12.6 Å². The molecule has 1 aliphatic rings. The van der Waals surface area contributed by atoms with E-state index in [0.29, 0.717) is 12.1 Å². The Labute approximate surface area is 60.7 Å². The summed E-state index contributed by atoms with van der Waals surface area (Å²) in [5, 5.41) is 0. The number of ketones is 1. The molecule has 1 rings (SSSR count). The summed E-state index contributed by atoms with van der Waals surface area (Å²) in [6.45, 7) is 3.96. The van der Waals surface area contributed by atoms with E-state index in [1.165, 1.54) is 0 Å². The fourth-order valence-electron chi connectivity index (χ4n) is 0.940. The van der Waals surface area contributed by atoms with Gasteiger partial charge in [0.1, 0.15) is 0 Å². The van der Waals surface area contributed by atoms with Gasteiger partial charge >= 0.3 is 0 Å².